The van der Waals surface area contributed by atoms with E-state index < -0.39 is 0 Å². The molecule has 1 heteroatoms. The van der Waals surface area contributed by atoms with Crippen LogP contribution in [-0.4, -0.2) is 0 Å². The zero-order valence-electron chi connectivity index (χ0n) is 12.9. The quantitative estimate of drug-likeness (QED) is 0.658. The smallest absolute Gasteiger partial charge is 0.0622 e. The number of anilines is 1. The second kappa shape index (κ2) is 6.13. The van der Waals surface area contributed by atoms with Gasteiger partial charge in [0.15, 0.2) is 0 Å². The highest BCUT2D eigenvalue weighted by atomic mass is 14.9. The van der Waals surface area contributed by atoms with Crippen LogP contribution in [0.2, 0.25) is 0 Å². The summed E-state index contributed by atoms with van der Waals surface area (Å²) in [6.45, 7) is 0. The Morgan fingerprint density at radius 2 is 1.30 bits per heavy atom. The number of benzene rings is 3. The van der Waals surface area contributed by atoms with Gasteiger partial charge < -0.3 is 5.32 Å². The summed E-state index contributed by atoms with van der Waals surface area (Å²) >= 11 is 0. The molecule has 2 atom stereocenters. The predicted molar refractivity (Wildman–Crippen MR) is 97.5 cm³/mol. The van der Waals surface area contributed by atoms with Gasteiger partial charge in [0.1, 0.15) is 0 Å². The maximum atomic E-state index is 3.73. The molecule has 0 heterocycles. The van der Waals surface area contributed by atoms with Crippen LogP contribution in [0.4, 0.5) is 5.69 Å². The number of hydrogen-bond acceptors (Lipinski definition) is 1. The molecule has 0 amide bonds. The Labute approximate surface area is 137 Å². The maximum Gasteiger partial charge on any atom is 0.0622 e. The van der Waals surface area contributed by atoms with Crippen LogP contribution in [-0.2, 0) is 0 Å². The van der Waals surface area contributed by atoms with Crippen LogP contribution in [0, 0.1) is 0 Å². The van der Waals surface area contributed by atoms with Crippen molar-refractivity contribution >= 4 is 11.8 Å². The topological polar surface area (TPSA) is 12.0 Å². The van der Waals surface area contributed by atoms with Crippen molar-refractivity contribution < 1.29 is 0 Å². The summed E-state index contributed by atoms with van der Waals surface area (Å²) in [4.78, 5) is 0. The molecule has 0 saturated carbocycles. The van der Waals surface area contributed by atoms with Gasteiger partial charge in [0, 0.05) is 11.6 Å². The van der Waals surface area contributed by atoms with E-state index >= 15 is 0 Å². The molecule has 1 N–H and O–H groups in total. The van der Waals surface area contributed by atoms with Gasteiger partial charge in [-0.3, -0.25) is 0 Å². The van der Waals surface area contributed by atoms with Crippen molar-refractivity contribution in [2.24, 2.45) is 0 Å². The molecule has 1 aliphatic carbocycles. The second-order valence-corrected chi connectivity index (χ2v) is 5.91. The Balaban J connectivity index is 1.77. The third-order valence-corrected chi connectivity index (χ3v) is 4.45. The molecule has 0 radical (unpaired) electrons. The van der Waals surface area contributed by atoms with Crippen molar-refractivity contribution in [1.82, 2.24) is 0 Å². The van der Waals surface area contributed by atoms with Gasteiger partial charge in [0.05, 0.1) is 6.04 Å². The first-order valence-electron chi connectivity index (χ1n) is 8.05. The van der Waals surface area contributed by atoms with Gasteiger partial charge in [0.2, 0.25) is 0 Å². The van der Waals surface area contributed by atoms with Crippen molar-refractivity contribution in [3.05, 3.63) is 108 Å². The molecular weight excluding hydrogens is 278 g/mol. The van der Waals surface area contributed by atoms with Crippen molar-refractivity contribution in [1.29, 1.82) is 0 Å². The van der Waals surface area contributed by atoms with Gasteiger partial charge in [-0.25, -0.2) is 0 Å². The van der Waals surface area contributed by atoms with E-state index in [-0.39, 0.29) is 6.04 Å². The molecule has 0 spiro atoms. The third-order valence-electron chi connectivity index (χ3n) is 4.45. The average molecular weight is 297 g/mol. The van der Waals surface area contributed by atoms with Crippen LogP contribution < -0.4 is 5.32 Å². The monoisotopic (exact) mass is 297 g/mol. The number of rotatable bonds is 3. The minimum absolute atomic E-state index is 0.237. The summed E-state index contributed by atoms with van der Waals surface area (Å²) in [5.74, 6) is 0.325. The van der Waals surface area contributed by atoms with Crippen LogP contribution in [0.25, 0.3) is 6.08 Å². The second-order valence-electron chi connectivity index (χ2n) is 5.91. The first kappa shape index (κ1) is 13.8. The van der Waals surface area contributed by atoms with Gasteiger partial charge >= 0.3 is 0 Å². The summed E-state index contributed by atoms with van der Waals surface area (Å²) in [6, 6.07) is 30.1. The maximum absolute atomic E-state index is 3.73. The van der Waals surface area contributed by atoms with Crippen LogP contribution in [0.5, 0.6) is 0 Å². The molecule has 0 saturated heterocycles. The van der Waals surface area contributed by atoms with Gasteiger partial charge in [-0.05, 0) is 28.8 Å². The number of nitrogens with one attached hydrogen (secondary N) is 1. The molecule has 4 rings (SSSR count). The van der Waals surface area contributed by atoms with E-state index in [9.17, 15) is 0 Å². The van der Waals surface area contributed by atoms with Gasteiger partial charge in [-0.1, -0.05) is 84.9 Å². The Morgan fingerprint density at radius 1 is 0.652 bits per heavy atom. The molecule has 112 valence electrons. The summed E-state index contributed by atoms with van der Waals surface area (Å²) in [5.41, 5.74) is 5.15. The summed E-state index contributed by atoms with van der Waals surface area (Å²) in [6.07, 6.45) is 4.56. The molecule has 1 aliphatic rings. The molecule has 0 bridgehead atoms. The summed E-state index contributed by atoms with van der Waals surface area (Å²) < 4.78 is 0. The first-order valence-corrected chi connectivity index (χ1v) is 8.05. The summed E-state index contributed by atoms with van der Waals surface area (Å²) in [7, 11) is 0. The molecule has 3 aromatic carbocycles. The first-order chi connectivity index (χ1) is 11.4. The fraction of sp³-hybridized carbons (Fsp3) is 0.0909. The number of hydrogen-bond donors (Lipinski definition) is 1. The lowest BCUT2D eigenvalue weighted by Crippen LogP contribution is -2.21. The van der Waals surface area contributed by atoms with E-state index in [1.54, 1.807) is 0 Å². The molecule has 2 unspecified atom stereocenters. The SMILES string of the molecule is C1=CC(c2ccccc2)C(Nc2ccccc2)c2ccccc21. The van der Waals surface area contributed by atoms with Crippen LogP contribution in [0.1, 0.15) is 28.7 Å². The van der Waals surface area contributed by atoms with Gasteiger partial charge in [-0.2, -0.15) is 0 Å². The Morgan fingerprint density at radius 3 is 2.09 bits per heavy atom. The summed E-state index contributed by atoms with van der Waals surface area (Å²) in [5, 5.41) is 3.73. The molecular formula is C22H19N. The van der Waals surface area contributed by atoms with E-state index in [0.717, 1.165) is 5.69 Å². The van der Waals surface area contributed by atoms with E-state index in [0.29, 0.717) is 5.92 Å². The lowest BCUT2D eigenvalue weighted by molar-refractivity contribution is 0.684. The zero-order valence-corrected chi connectivity index (χ0v) is 12.9. The van der Waals surface area contributed by atoms with Crippen LogP contribution in [0.3, 0.4) is 0 Å². The standard InChI is InChI=1S/C22H19N/c1-3-9-17(10-4-1)21-16-15-18-11-7-8-14-20(18)22(21)23-19-12-5-2-6-13-19/h1-16,21-23H. The normalized spacial score (nSPS) is 19.1. The Bertz CT molecular complexity index is 806. The minimum atomic E-state index is 0.237. The highest BCUT2D eigenvalue weighted by Gasteiger charge is 2.27. The fourth-order valence-corrected chi connectivity index (χ4v) is 3.32. The van der Waals surface area contributed by atoms with Gasteiger partial charge in [0.25, 0.3) is 0 Å². The molecule has 3 aromatic rings. The van der Waals surface area contributed by atoms with Crippen molar-refractivity contribution in [3.8, 4) is 0 Å². The lowest BCUT2D eigenvalue weighted by atomic mass is 9.80. The van der Waals surface area contributed by atoms with Crippen molar-refractivity contribution in [2.75, 3.05) is 5.32 Å². The van der Waals surface area contributed by atoms with E-state index in [4.69, 9.17) is 0 Å². The fourth-order valence-electron chi connectivity index (χ4n) is 3.32. The molecule has 0 aliphatic heterocycles. The molecule has 1 nitrogen and oxygen atoms in total. The van der Waals surface area contributed by atoms with E-state index in [1.807, 2.05) is 0 Å². The lowest BCUT2D eigenvalue weighted by Gasteiger charge is -2.32. The highest BCUT2D eigenvalue weighted by molar-refractivity contribution is 5.63. The highest BCUT2D eigenvalue weighted by Crippen LogP contribution is 2.40. The molecule has 0 aromatic heterocycles. The molecule has 23 heavy (non-hydrogen) atoms. The average Bonchev–Trinajstić information content (AvgIpc) is 2.64. The van der Waals surface area contributed by atoms with E-state index in [2.05, 4.69) is 102 Å². The van der Waals surface area contributed by atoms with Gasteiger partial charge in [-0.15, -0.1) is 0 Å². The third kappa shape index (κ3) is 2.78. The Kier molecular flexibility index (Phi) is 3.69. The number of para-hydroxylation sites is 1. The van der Waals surface area contributed by atoms with Crippen LogP contribution >= 0.6 is 0 Å². The Hall–Kier alpha value is -2.80. The number of fused-ring (bicyclic) bond motifs is 1. The van der Waals surface area contributed by atoms with Crippen LogP contribution in [0.15, 0.2) is 91.0 Å². The van der Waals surface area contributed by atoms with E-state index in [1.165, 1.54) is 16.7 Å². The molecule has 0 fully saturated rings. The van der Waals surface area contributed by atoms with Crippen molar-refractivity contribution in [3.63, 3.8) is 0 Å². The largest absolute Gasteiger partial charge is 0.377 e. The minimum Gasteiger partial charge on any atom is -0.377 e. The van der Waals surface area contributed by atoms with Crippen molar-refractivity contribution in [2.45, 2.75) is 12.0 Å². The predicted octanol–water partition coefficient (Wildman–Crippen LogP) is 5.65. The zero-order chi connectivity index (χ0) is 15.5.